The average molecular weight is 228 g/mol. The van der Waals surface area contributed by atoms with Crippen molar-refractivity contribution in [3.63, 3.8) is 0 Å². The van der Waals surface area contributed by atoms with Crippen LogP contribution < -0.4 is 0 Å². The fourth-order valence-electron chi connectivity index (χ4n) is 1.69. The molecule has 0 aliphatic heterocycles. The zero-order chi connectivity index (χ0) is 12.4. The van der Waals surface area contributed by atoms with E-state index in [0.717, 1.165) is 11.1 Å². The van der Waals surface area contributed by atoms with Gasteiger partial charge in [-0.2, -0.15) is 0 Å². The highest BCUT2D eigenvalue weighted by atomic mass is 16.4. The minimum Gasteiger partial charge on any atom is -0.508 e. The predicted molar refractivity (Wildman–Crippen MR) is 65.2 cm³/mol. The van der Waals surface area contributed by atoms with Crippen molar-refractivity contribution >= 4 is 5.97 Å². The van der Waals surface area contributed by atoms with E-state index in [1.54, 1.807) is 6.07 Å². The van der Waals surface area contributed by atoms with Crippen LogP contribution >= 0.6 is 0 Å². The van der Waals surface area contributed by atoms with Crippen molar-refractivity contribution in [2.24, 2.45) is 0 Å². The van der Waals surface area contributed by atoms with Crippen LogP contribution in [0.3, 0.4) is 0 Å². The van der Waals surface area contributed by atoms with E-state index < -0.39 is 5.97 Å². The molecule has 0 saturated carbocycles. The molecule has 0 unspecified atom stereocenters. The third-order valence-electron chi connectivity index (χ3n) is 2.60. The molecule has 86 valence electrons. The summed E-state index contributed by atoms with van der Waals surface area (Å²) in [6.45, 7) is 1.97. The van der Waals surface area contributed by atoms with Crippen LogP contribution in [0.1, 0.15) is 15.9 Å². The summed E-state index contributed by atoms with van der Waals surface area (Å²) in [6.07, 6.45) is 0. The first-order chi connectivity index (χ1) is 8.08. The molecule has 3 nitrogen and oxygen atoms in total. The first-order valence-corrected chi connectivity index (χ1v) is 5.21. The van der Waals surface area contributed by atoms with Crippen molar-refractivity contribution < 1.29 is 15.0 Å². The second-order valence-electron chi connectivity index (χ2n) is 3.90. The summed E-state index contributed by atoms with van der Waals surface area (Å²) < 4.78 is 0. The molecular formula is C14H12O3. The first-order valence-electron chi connectivity index (χ1n) is 5.21. The monoisotopic (exact) mass is 228 g/mol. The maximum absolute atomic E-state index is 11.1. The Labute approximate surface area is 99.0 Å². The highest BCUT2D eigenvalue weighted by molar-refractivity contribution is 5.96. The molecular weight excluding hydrogens is 216 g/mol. The molecule has 0 fully saturated rings. The fraction of sp³-hybridized carbons (Fsp3) is 0.0714. The zero-order valence-electron chi connectivity index (χ0n) is 9.34. The third-order valence-corrected chi connectivity index (χ3v) is 2.60. The molecule has 0 spiro atoms. The van der Waals surface area contributed by atoms with Gasteiger partial charge in [-0.15, -0.1) is 0 Å². The van der Waals surface area contributed by atoms with Gasteiger partial charge < -0.3 is 10.2 Å². The summed E-state index contributed by atoms with van der Waals surface area (Å²) in [4.78, 5) is 11.1. The summed E-state index contributed by atoms with van der Waals surface area (Å²) in [5.74, 6) is -1.09. The van der Waals surface area contributed by atoms with E-state index in [2.05, 4.69) is 0 Å². The second-order valence-corrected chi connectivity index (χ2v) is 3.90. The van der Waals surface area contributed by atoms with Gasteiger partial charge in [-0.25, -0.2) is 4.79 Å². The van der Waals surface area contributed by atoms with E-state index in [-0.39, 0.29) is 11.3 Å². The lowest BCUT2D eigenvalue weighted by molar-refractivity contribution is 0.0697. The lowest BCUT2D eigenvalue weighted by Crippen LogP contribution is -1.99. The van der Waals surface area contributed by atoms with E-state index in [1.165, 1.54) is 12.1 Å². The van der Waals surface area contributed by atoms with Crippen molar-refractivity contribution in [3.8, 4) is 16.9 Å². The summed E-state index contributed by atoms with van der Waals surface area (Å²) in [7, 11) is 0. The molecule has 0 heterocycles. The molecule has 0 bridgehead atoms. The van der Waals surface area contributed by atoms with Crippen molar-refractivity contribution in [3.05, 3.63) is 53.6 Å². The predicted octanol–water partition coefficient (Wildman–Crippen LogP) is 3.07. The molecule has 0 amide bonds. The Morgan fingerprint density at radius 3 is 2.29 bits per heavy atom. The molecule has 2 aromatic rings. The summed E-state index contributed by atoms with van der Waals surface area (Å²) in [5, 5.41) is 18.4. The number of rotatable bonds is 2. The van der Waals surface area contributed by atoms with Crippen LogP contribution in [0, 0.1) is 6.92 Å². The number of aromatic carboxylic acids is 1. The third kappa shape index (κ3) is 2.28. The van der Waals surface area contributed by atoms with E-state index in [0.29, 0.717) is 5.56 Å². The molecule has 2 aromatic carbocycles. The van der Waals surface area contributed by atoms with Crippen LogP contribution in [-0.2, 0) is 0 Å². The van der Waals surface area contributed by atoms with Gasteiger partial charge in [0.25, 0.3) is 0 Å². The molecule has 0 aromatic heterocycles. The minimum absolute atomic E-state index is 0.0433. The highest BCUT2D eigenvalue weighted by Gasteiger charge is 2.12. The lowest BCUT2D eigenvalue weighted by atomic mass is 9.98. The van der Waals surface area contributed by atoms with Gasteiger partial charge in [0.1, 0.15) is 5.75 Å². The van der Waals surface area contributed by atoms with Crippen molar-refractivity contribution in [1.29, 1.82) is 0 Å². The Morgan fingerprint density at radius 1 is 1.06 bits per heavy atom. The maximum Gasteiger partial charge on any atom is 0.336 e. The summed E-state index contributed by atoms with van der Waals surface area (Å²) in [6, 6.07) is 12.0. The van der Waals surface area contributed by atoms with Crippen LogP contribution in [0.5, 0.6) is 5.75 Å². The number of aryl methyl sites for hydroxylation is 1. The molecule has 17 heavy (non-hydrogen) atoms. The van der Waals surface area contributed by atoms with Gasteiger partial charge in [-0.1, -0.05) is 29.8 Å². The van der Waals surface area contributed by atoms with Crippen LogP contribution in [-0.4, -0.2) is 16.2 Å². The molecule has 2 N–H and O–H groups in total. The molecule has 0 aliphatic carbocycles. The van der Waals surface area contributed by atoms with Crippen molar-refractivity contribution in [1.82, 2.24) is 0 Å². The zero-order valence-corrected chi connectivity index (χ0v) is 9.34. The number of phenols is 1. The minimum atomic E-state index is -1.04. The van der Waals surface area contributed by atoms with Gasteiger partial charge in [0.2, 0.25) is 0 Å². The van der Waals surface area contributed by atoms with Crippen LogP contribution in [0.4, 0.5) is 0 Å². The highest BCUT2D eigenvalue weighted by Crippen LogP contribution is 2.27. The van der Waals surface area contributed by atoms with E-state index >= 15 is 0 Å². The largest absolute Gasteiger partial charge is 0.508 e. The van der Waals surface area contributed by atoms with Gasteiger partial charge in [0.05, 0.1) is 5.56 Å². The number of carbonyl (C=O) groups is 1. The number of hydrogen-bond donors (Lipinski definition) is 2. The van der Waals surface area contributed by atoms with E-state index in [4.69, 9.17) is 5.11 Å². The molecule has 3 heteroatoms. The Kier molecular flexibility index (Phi) is 2.83. The number of hydrogen-bond acceptors (Lipinski definition) is 2. The Bertz CT molecular complexity index is 556. The molecule has 0 radical (unpaired) electrons. The quantitative estimate of drug-likeness (QED) is 0.830. The Morgan fingerprint density at radius 2 is 1.71 bits per heavy atom. The van der Waals surface area contributed by atoms with Gasteiger partial charge in [0, 0.05) is 0 Å². The SMILES string of the molecule is Cc1ccc(-c2ccc(O)cc2C(=O)O)cc1. The molecule has 0 atom stereocenters. The normalized spacial score (nSPS) is 10.2. The van der Waals surface area contributed by atoms with Crippen LogP contribution in [0.25, 0.3) is 11.1 Å². The fourth-order valence-corrected chi connectivity index (χ4v) is 1.69. The number of phenolic OH excluding ortho intramolecular Hbond substituents is 1. The van der Waals surface area contributed by atoms with Gasteiger partial charge >= 0.3 is 5.97 Å². The number of carboxylic acids is 1. The first kappa shape index (κ1) is 11.2. The van der Waals surface area contributed by atoms with Gasteiger partial charge in [-0.05, 0) is 36.2 Å². The van der Waals surface area contributed by atoms with Crippen LogP contribution in [0.15, 0.2) is 42.5 Å². The molecule has 0 aliphatic rings. The summed E-state index contributed by atoms with van der Waals surface area (Å²) in [5.41, 5.74) is 2.65. The van der Waals surface area contributed by atoms with Gasteiger partial charge in [0.15, 0.2) is 0 Å². The summed E-state index contributed by atoms with van der Waals surface area (Å²) >= 11 is 0. The molecule has 0 saturated heterocycles. The van der Waals surface area contributed by atoms with E-state index in [1.807, 2.05) is 31.2 Å². The van der Waals surface area contributed by atoms with E-state index in [9.17, 15) is 9.90 Å². The maximum atomic E-state index is 11.1. The van der Waals surface area contributed by atoms with Crippen molar-refractivity contribution in [2.75, 3.05) is 0 Å². The van der Waals surface area contributed by atoms with Crippen molar-refractivity contribution in [2.45, 2.75) is 6.92 Å². The smallest absolute Gasteiger partial charge is 0.336 e. The average Bonchev–Trinajstić information content (AvgIpc) is 2.30. The standard InChI is InChI=1S/C14H12O3/c1-9-2-4-10(5-3-9)12-7-6-11(15)8-13(12)14(16)17/h2-8,15H,1H3,(H,16,17). The molecule has 2 rings (SSSR count). The van der Waals surface area contributed by atoms with Crippen LogP contribution in [0.2, 0.25) is 0 Å². The number of benzene rings is 2. The number of aromatic hydroxyl groups is 1. The Balaban J connectivity index is 2.58. The topological polar surface area (TPSA) is 57.5 Å². The second kappa shape index (κ2) is 4.29. The lowest BCUT2D eigenvalue weighted by Gasteiger charge is -2.07. The Hall–Kier alpha value is -2.29. The number of carboxylic acid groups (broad SMARTS) is 1. The van der Waals surface area contributed by atoms with Gasteiger partial charge in [-0.3, -0.25) is 0 Å².